The summed E-state index contributed by atoms with van der Waals surface area (Å²) in [4.78, 5) is 15.8. The van der Waals surface area contributed by atoms with E-state index in [2.05, 4.69) is 19.2 Å². The molecule has 0 bridgehead atoms. The van der Waals surface area contributed by atoms with Crippen LogP contribution in [0.2, 0.25) is 0 Å². The van der Waals surface area contributed by atoms with E-state index in [4.69, 9.17) is 0 Å². The highest BCUT2D eigenvalue weighted by molar-refractivity contribution is 5.80. The summed E-state index contributed by atoms with van der Waals surface area (Å²) in [6.07, 6.45) is 3.57. The van der Waals surface area contributed by atoms with Gasteiger partial charge in [0.2, 0.25) is 0 Å². The van der Waals surface area contributed by atoms with E-state index in [1.54, 1.807) is 4.90 Å². The molecule has 1 saturated heterocycles. The first-order chi connectivity index (χ1) is 8.69. The van der Waals surface area contributed by atoms with Gasteiger partial charge in [-0.1, -0.05) is 0 Å². The van der Waals surface area contributed by atoms with Crippen LogP contribution >= 0.6 is 0 Å². The van der Waals surface area contributed by atoms with Crippen LogP contribution in [0.1, 0.15) is 40.0 Å². The fourth-order valence-corrected chi connectivity index (χ4v) is 2.65. The molecule has 1 amide bonds. The minimum absolute atomic E-state index is 0.106. The smallest absolute Gasteiger partial charge is 0.280 e. The summed E-state index contributed by atoms with van der Waals surface area (Å²) in [5.41, 5.74) is 0. The Morgan fingerprint density at radius 1 is 1.28 bits per heavy atom. The Hall–Kier alpha value is -0.610. The van der Waals surface area contributed by atoms with Gasteiger partial charge in [-0.15, -0.1) is 0 Å². The Labute approximate surface area is 112 Å². The summed E-state index contributed by atoms with van der Waals surface area (Å²) in [6.45, 7) is 13.2. The molecule has 1 aliphatic heterocycles. The van der Waals surface area contributed by atoms with Crippen molar-refractivity contribution in [1.82, 2.24) is 4.90 Å². The molecule has 1 fully saturated rings. The summed E-state index contributed by atoms with van der Waals surface area (Å²) < 4.78 is 0. The number of quaternary nitrogens is 2. The fourth-order valence-electron chi connectivity index (χ4n) is 2.65. The van der Waals surface area contributed by atoms with E-state index in [0.29, 0.717) is 5.91 Å². The highest BCUT2D eigenvalue weighted by Gasteiger charge is 2.25. The van der Waals surface area contributed by atoms with Crippen molar-refractivity contribution in [2.24, 2.45) is 0 Å². The molecule has 0 aromatic heterocycles. The van der Waals surface area contributed by atoms with Gasteiger partial charge in [-0.3, -0.25) is 4.79 Å². The third-order valence-electron chi connectivity index (χ3n) is 4.06. The van der Waals surface area contributed by atoms with Crippen molar-refractivity contribution in [1.29, 1.82) is 0 Å². The Balaban J connectivity index is 2.12. The van der Waals surface area contributed by atoms with Crippen molar-refractivity contribution >= 4 is 5.91 Å². The molecule has 1 aliphatic rings. The molecule has 0 aromatic rings. The number of nitrogens with one attached hydrogen (secondary N) is 1. The van der Waals surface area contributed by atoms with Crippen molar-refractivity contribution in [2.45, 2.75) is 46.1 Å². The standard InChI is InChI=1S/C14H29N3O/c1-4-16(5-2)10-8-9-15-13(3)14(18)17-11-6-7-12-17/h13,15H,4-12H2,1-3H3/p+2/t13-/m1/s1. The van der Waals surface area contributed by atoms with Crippen LogP contribution in [0, 0.1) is 0 Å². The van der Waals surface area contributed by atoms with Gasteiger partial charge in [-0.25, -0.2) is 0 Å². The van der Waals surface area contributed by atoms with Gasteiger partial charge in [0.25, 0.3) is 5.91 Å². The van der Waals surface area contributed by atoms with Gasteiger partial charge in [-0.2, -0.15) is 0 Å². The highest BCUT2D eigenvalue weighted by atomic mass is 16.2. The van der Waals surface area contributed by atoms with Gasteiger partial charge in [-0.05, 0) is 33.6 Å². The van der Waals surface area contributed by atoms with E-state index >= 15 is 0 Å². The normalized spacial score (nSPS) is 17.4. The van der Waals surface area contributed by atoms with E-state index in [-0.39, 0.29) is 6.04 Å². The summed E-state index contributed by atoms with van der Waals surface area (Å²) in [6, 6.07) is 0.106. The number of rotatable bonds is 8. The Morgan fingerprint density at radius 3 is 2.44 bits per heavy atom. The largest absolute Gasteiger partial charge is 0.338 e. The monoisotopic (exact) mass is 257 g/mol. The second kappa shape index (κ2) is 8.48. The van der Waals surface area contributed by atoms with Crippen LogP contribution in [0.4, 0.5) is 0 Å². The molecule has 106 valence electrons. The van der Waals surface area contributed by atoms with Crippen LogP contribution in [0.5, 0.6) is 0 Å². The van der Waals surface area contributed by atoms with Crippen molar-refractivity contribution in [3.63, 3.8) is 0 Å². The average Bonchev–Trinajstić information content (AvgIpc) is 2.91. The molecule has 1 rings (SSSR count). The number of nitrogens with zero attached hydrogens (tertiary/aromatic N) is 1. The molecular formula is C14H31N3O+2. The summed E-state index contributed by atoms with van der Waals surface area (Å²) in [5, 5.41) is 2.21. The predicted octanol–water partition coefficient (Wildman–Crippen LogP) is -1.12. The second-order valence-corrected chi connectivity index (χ2v) is 5.41. The lowest BCUT2D eigenvalue weighted by Crippen LogP contribution is -3.11. The average molecular weight is 257 g/mol. The Kier molecular flexibility index (Phi) is 7.28. The molecule has 3 N–H and O–H groups in total. The van der Waals surface area contributed by atoms with Crippen molar-refractivity contribution in [3.8, 4) is 0 Å². The highest BCUT2D eigenvalue weighted by Crippen LogP contribution is 2.07. The zero-order chi connectivity index (χ0) is 13.4. The molecule has 4 heteroatoms. The third kappa shape index (κ3) is 4.94. The van der Waals surface area contributed by atoms with Crippen molar-refractivity contribution in [2.75, 3.05) is 39.3 Å². The molecule has 0 saturated carbocycles. The second-order valence-electron chi connectivity index (χ2n) is 5.41. The molecule has 4 nitrogen and oxygen atoms in total. The van der Waals surface area contributed by atoms with E-state index in [0.717, 1.165) is 19.6 Å². The van der Waals surface area contributed by atoms with Gasteiger partial charge < -0.3 is 15.1 Å². The van der Waals surface area contributed by atoms with Crippen LogP contribution in [0.3, 0.4) is 0 Å². The zero-order valence-corrected chi connectivity index (χ0v) is 12.4. The van der Waals surface area contributed by atoms with Crippen LogP contribution in [0.15, 0.2) is 0 Å². The lowest BCUT2D eigenvalue weighted by molar-refractivity contribution is -0.898. The maximum atomic E-state index is 12.1. The van der Waals surface area contributed by atoms with Crippen molar-refractivity contribution in [3.05, 3.63) is 0 Å². The quantitative estimate of drug-likeness (QED) is 0.531. The first-order valence-electron chi connectivity index (χ1n) is 7.64. The molecule has 0 aliphatic carbocycles. The van der Waals surface area contributed by atoms with Gasteiger partial charge in [0.1, 0.15) is 0 Å². The van der Waals surface area contributed by atoms with Crippen LogP contribution in [0.25, 0.3) is 0 Å². The minimum atomic E-state index is 0.106. The van der Waals surface area contributed by atoms with Gasteiger partial charge in [0, 0.05) is 19.5 Å². The number of carbonyl (C=O) groups is 1. The topological polar surface area (TPSA) is 41.4 Å². The number of hydrogen-bond donors (Lipinski definition) is 2. The lowest BCUT2D eigenvalue weighted by Gasteiger charge is -2.19. The Morgan fingerprint density at radius 2 is 1.89 bits per heavy atom. The van der Waals surface area contributed by atoms with E-state index in [1.807, 2.05) is 11.8 Å². The van der Waals surface area contributed by atoms with Gasteiger partial charge in [0.15, 0.2) is 6.04 Å². The molecule has 1 atom stereocenters. The van der Waals surface area contributed by atoms with Crippen LogP contribution in [-0.2, 0) is 4.79 Å². The zero-order valence-electron chi connectivity index (χ0n) is 12.4. The van der Waals surface area contributed by atoms with E-state index in [1.165, 1.54) is 38.9 Å². The van der Waals surface area contributed by atoms with E-state index in [9.17, 15) is 4.79 Å². The number of nitrogens with two attached hydrogens (primary N) is 1. The fraction of sp³-hybridized carbons (Fsp3) is 0.929. The first-order valence-corrected chi connectivity index (χ1v) is 7.64. The van der Waals surface area contributed by atoms with Crippen molar-refractivity contribution < 1.29 is 15.0 Å². The number of likely N-dealkylation sites (tertiary alicyclic amines) is 1. The van der Waals surface area contributed by atoms with E-state index < -0.39 is 0 Å². The SMILES string of the molecule is CC[NH+](CC)CCC[NH2+][C@H](C)C(=O)N1CCCC1. The maximum absolute atomic E-state index is 12.1. The van der Waals surface area contributed by atoms with Gasteiger partial charge >= 0.3 is 0 Å². The first kappa shape index (κ1) is 15.4. The summed E-state index contributed by atoms with van der Waals surface area (Å²) in [7, 11) is 0. The van der Waals surface area contributed by atoms with Crippen LogP contribution in [-0.4, -0.2) is 56.1 Å². The predicted molar refractivity (Wildman–Crippen MR) is 73.6 cm³/mol. The molecular weight excluding hydrogens is 226 g/mol. The van der Waals surface area contributed by atoms with Gasteiger partial charge in [0.05, 0.1) is 26.2 Å². The summed E-state index contributed by atoms with van der Waals surface area (Å²) >= 11 is 0. The van der Waals surface area contributed by atoms with Crippen LogP contribution < -0.4 is 10.2 Å². The number of carbonyl (C=O) groups excluding carboxylic acids is 1. The minimum Gasteiger partial charge on any atom is -0.338 e. The number of amides is 1. The number of hydrogen-bond acceptors (Lipinski definition) is 1. The molecule has 0 unspecified atom stereocenters. The molecule has 0 radical (unpaired) electrons. The molecule has 0 spiro atoms. The lowest BCUT2D eigenvalue weighted by atomic mass is 10.2. The molecule has 18 heavy (non-hydrogen) atoms. The molecule has 0 aromatic carbocycles. The summed E-state index contributed by atoms with van der Waals surface area (Å²) in [5.74, 6) is 0.336. The molecule has 1 heterocycles. The third-order valence-corrected chi connectivity index (χ3v) is 4.06. The Bertz CT molecular complexity index is 235. The maximum Gasteiger partial charge on any atom is 0.280 e.